The van der Waals surface area contributed by atoms with Gasteiger partial charge in [0.25, 0.3) is 5.56 Å². The molecular formula is C14H15N5O3S. The minimum atomic E-state index is -0.823. The summed E-state index contributed by atoms with van der Waals surface area (Å²) in [6.45, 7) is 1.57. The zero-order valence-corrected chi connectivity index (χ0v) is 13.2. The van der Waals surface area contributed by atoms with Crippen molar-refractivity contribution < 1.29 is 9.59 Å². The molecule has 1 N–H and O–H groups in total. The largest absolute Gasteiger partial charge is 0.343 e. The van der Waals surface area contributed by atoms with E-state index in [9.17, 15) is 14.4 Å². The minimum absolute atomic E-state index is 0.0452. The normalized spacial score (nSPS) is 18.8. The van der Waals surface area contributed by atoms with Gasteiger partial charge < -0.3 is 5.32 Å². The van der Waals surface area contributed by atoms with Crippen molar-refractivity contribution in [1.82, 2.24) is 24.9 Å². The van der Waals surface area contributed by atoms with Crippen LogP contribution < -0.4 is 10.9 Å². The lowest BCUT2D eigenvalue weighted by molar-refractivity contribution is -0.127. The van der Waals surface area contributed by atoms with Gasteiger partial charge in [-0.1, -0.05) is 11.8 Å². The highest BCUT2D eigenvalue weighted by atomic mass is 32.2. The minimum Gasteiger partial charge on any atom is -0.343 e. The lowest BCUT2D eigenvalue weighted by Crippen LogP contribution is -2.43. The highest BCUT2D eigenvalue weighted by molar-refractivity contribution is 8.14. The lowest BCUT2D eigenvalue weighted by Gasteiger charge is -2.17. The Hall–Kier alpha value is -2.42. The molecule has 120 valence electrons. The van der Waals surface area contributed by atoms with Crippen molar-refractivity contribution >= 4 is 22.8 Å². The maximum atomic E-state index is 12.3. The number of amides is 1. The topological polar surface area (TPSA) is 98.9 Å². The quantitative estimate of drug-likeness (QED) is 0.854. The number of nitrogens with one attached hydrogen (secondary N) is 1. The molecule has 0 aliphatic carbocycles. The van der Waals surface area contributed by atoms with Crippen LogP contribution in [0.5, 0.6) is 0 Å². The van der Waals surface area contributed by atoms with E-state index >= 15 is 0 Å². The molecule has 2 aromatic rings. The molecule has 0 radical (unpaired) electrons. The first-order valence-corrected chi connectivity index (χ1v) is 8.12. The number of nitrogens with zero attached hydrogens (tertiary/aromatic N) is 4. The van der Waals surface area contributed by atoms with Gasteiger partial charge in [0.2, 0.25) is 11.0 Å². The summed E-state index contributed by atoms with van der Waals surface area (Å²) in [5, 5.41) is 10.9. The van der Waals surface area contributed by atoms with Gasteiger partial charge in [-0.2, -0.15) is 5.10 Å². The molecule has 2 aromatic heterocycles. The van der Waals surface area contributed by atoms with Gasteiger partial charge in [0.05, 0.1) is 6.04 Å². The third-order valence-corrected chi connectivity index (χ3v) is 4.56. The summed E-state index contributed by atoms with van der Waals surface area (Å²) < 4.78 is 2.59. The number of hydrogen-bond donors (Lipinski definition) is 1. The van der Waals surface area contributed by atoms with E-state index < -0.39 is 23.6 Å². The smallest absolute Gasteiger partial charge is 0.267 e. The van der Waals surface area contributed by atoms with E-state index in [-0.39, 0.29) is 5.12 Å². The van der Waals surface area contributed by atoms with Crippen molar-refractivity contribution in [2.75, 3.05) is 5.75 Å². The average molecular weight is 333 g/mol. The Kier molecular flexibility index (Phi) is 4.28. The second-order valence-corrected chi connectivity index (χ2v) is 6.22. The first-order chi connectivity index (χ1) is 11.1. The van der Waals surface area contributed by atoms with Crippen LogP contribution >= 0.6 is 11.8 Å². The molecule has 2 atom stereocenters. The molecule has 23 heavy (non-hydrogen) atoms. The Balaban J connectivity index is 1.82. The van der Waals surface area contributed by atoms with Crippen molar-refractivity contribution in [2.24, 2.45) is 0 Å². The first-order valence-electron chi connectivity index (χ1n) is 7.13. The van der Waals surface area contributed by atoms with E-state index in [1.807, 2.05) is 0 Å². The molecule has 1 saturated heterocycles. The maximum Gasteiger partial charge on any atom is 0.267 e. The summed E-state index contributed by atoms with van der Waals surface area (Å²) in [5.41, 5.74) is -0.393. The number of aromatic nitrogens is 4. The van der Waals surface area contributed by atoms with Crippen LogP contribution in [0.3, 0.4) is 0 Å². The molecule has 0 aromatic carbocycles. The molecule has 0 bridgehead atoms. The van der Waals surface area contributed by atoms with E-state index in [0.29, 0.717) is 18.0 Å². The monoisotopic (exact) mass is 333 g/mol. The average Bonchev–Trinajstić information content (AvgIpc) is 3.20. The predicted molar refractivity (Wildman–Crippen MR) is 84.3 cm³/mol. The van der Waals surface area contributed by atoms with Crippen molar-refractivity contribution in [1.29, 1.82) is 0 Å². The number of hydrogen-bond acceptors (Lipinski definition) is 6. The Morgan fingerprint density at radius 2 is 2.26 bits per heavy atom. The molecular weight excluding hydrogens is 318 g/mol. The van der Waals surface area contributed by atoms with Gasteiger partial charge in [-0.25, -0.2) is 9.36 Å². The van der Waals surface area contributed by atoms with Crippen LogP contribution in [0.25, 0.3) is 5.82 Å². The molecule has 0 saturated carbocycles. The molecule has 0 spiro atoms. The van der Waals surface area contributed by atoms with Gasteiger partial charge in [0.15, 0.2) is 5.82 Å². The Morgan fingerprint density at radius 1 is 1.43 bits per heavy atom. The van der Waals surface area contributed by atoms with Gasteiger partial charge in [-0.15, -0.1) is 5.10 Å². The number of thioether (sulfide) groups is 1. The molecule has 1 fully saturated rings. The van der Waals surface area contributed by atoms with Crippen molar-refractivity contribution in [3.63, 3.8) is 0 Å². The standard InChI is InChI=1S/C14H15N5O3S/c1-9(13(21)16-10-5-8-23-14(10)22)19-12(20)4-3-11(17-19)18-7-2-6-15-18/h2-4,6-7,9-10H,5,8H2,1H3,(H,16,21)/t9-,10+/m1/s1. The third kappa shape index (κ3) is 3.19. The Bertz CT molecular complexity index is 786. The fourth-order valence-electron chi connectivity index (χ4n) is 2.25. The van der Waals surface area contributed by atoms with Crippen molar-refractivity contribution in [3.8, 4) is 5.82 Å². The summed E-state index contributed by atoms with van der Waals surface area (Å²) in [5.74, 6) is 0.727. The van der Waals surface area contributed by atoms with E-state index in [1.165, 1.54) is 28.6 Å². The molecule has 1 amide bonds. The van der Waals surface area contributed by atoms with Crippen molar-refractivity contribution in [2.45, 2.75) is 25.4 Å². The zero-order valence-electron chi connectivity index (χ0n) is 12.4. The Morgan fingerprint density at radius 3 is 2.91 bits per heavy atom. The highest BCUT2D eigenvalue weighted by Gasteiger charge is 2.29. The summed E-state index contributed by atoms with van der Waals surface area (Å²) in [4.78, 5) is 35.9. The molecule has 3 heterocycles. The van der Waals surface area contributed by atoms with E-state index in [4.69, 9.17) is 0 Å². The predicted octanol–water partition coefficient (Wildman–Crippen LogP) is 0.138. The third-order valence-electron chi connectivity index (χ3n) is 3.55. The molecule has 1 aliphatic heterocycles. The van der Waals surface area contributed by atoms with Gasteiger partial charge in [-0.05, 0) is 25.5 Å². The van der Waals surface area contributed by atoms with Gasteiger partial charge in [0, 0.05) is 24.2 Å². The van der Waals surface area contributed by atoms with E-state index in [1.54, 1.807) is 25.4 Å². The lowest BCUT2D eigenvalue weighted by atomic mass is 10.2. The van der Waals surface area contributed by atoms with Crippen LogP contribution in [0.1, 0.15) is 19.4 Å². The van der Waals surface area contributed by atoms with Crippen molar-refractivity contribution in [3.05, 3.63) is 40.9 Å². The second kappa shape index (κ2) is 6.37. The zero-order chi connectivity index (χ0) is 16.4. The van der Waals surface area contributed by atoms with Gasteiger partial charge in [0.1, 0.15) is 6.04 Å². The molecule has 9 heteroatoms. The Labute approximate surface area is 135 Å². The molecule has 8 nitrogen and oxygen atoms in total. The molecule has 1 aliphatic rings. The van der Waals surface area contributed by atoms with E-state index in [2.05, 4.69) is 15.5 Å². The van der Waals surface area contributed by atoms with Crippen LogP contribution in [0.4, 0.5) is 0 Å². The van der Waals surface area contributed by atoms with Crippen LogP contribution in [0.15, 0.2) is 35.4 Å². The van der Waals surface area contributed by atoms with Crippen LogP contribution in [-0.4, -0.2) is 42.4 Å². The fourth-order valence-corrected chi connectivity index (χ4v) is 3.18. The van der Waals surface area contributed by atoms with Crippen LogP contribution in [-0.2, 0) is 9.59 Å². The highest BCUT2D eigenvalue weighted by Crippen LogP contribution is 2.20. The first kappa shape index (κ1) is 15.5. The second-order valence-electron chi connectivity index (χ2n) is 5.12. The van der Waals surface area contributed by atoms with Crippen LogP contribution in [0.2, 0.25) is 0 Å². The summed E-state index contributed by atoms with van der Waals surface area (Å²) >= 11 is 1.21. The maximum absolute atomic E-state index is 12.3. The molecule has 3 rings (SSSR count). The summed E-state index contributed by atoms with van der Waals surface area (Å²) in [6, 6.07) is 3.30. The number of carbonyl (C=O) groups is 2. The van der Waals surface area contributed by atoms with E-state index in [0.717, 1.165) is 4.68 Å². The van der Waals surface area contributed by atoms with Gasteiger partial charge in [-0.3, -0.25) is 14.4 Å². The SMILES string of the molecule is C[C@H](C(=O)N[C@H]1CCSC1=O)n1nc(-n2cccn2)ccc1=O. The number of rotatable bonds is 4. The van der Waals surface area contributed by atoms with Crippen LogP contribution in [0, 0.1) is 0 Å². The summed E-state index contributed by atoms with van der Waals surface area (Å²) in [6.07, 6.45) is 3.89. The fraction of sp³-hybridized carbons (Fsp3) is 0.357. The number of carbonyl (C=O) groups excluding carboxylic acids is 2. The molecule has 0 unspecified atom stereocenters. The van der Waals surface area contributed by atoms with Gasteiger partial charge >= 0.3 is 0 Å². The summed E-state index contributed by atoms with van der Waals surface area (Å²) in [7, 11) is 0.